The van der Waals surface area contributed by atoms with Crippen LogP contribution in [0.5, 0.6) is 0 Å². The van der Waals surface area contributed by atoms with Gasteiger partial charge in [-0.2, -0.15) is 0 Å². The lowest BCUT2D eigenvalue weighted by molar-refractivity contribution is -0.120. The molecule has 0 bridgehead atoms. The molecule has 0 aromatic carbocycles. The number of rotatable bonds is 4. The third kappa shape index (κ3) is 3.52. The van der Waals surface area contributed by atoms with E-state index in [1.54, 1.807) is 6.20 Å². The fraction of sp³-hybridized carbons (Fsp3) is 0.571. The predicted molar refractivity (Wildman–Crippen MR) is 74.4 cm³/mol. The highest BCUT2D eigenvalue weighted by Crippen LogP contribution is 2.23. The van der Waals surface area contributed by atoms with Gasteiger partial charge in [0.05, 0.1) is 11.7 Å². The summed E-state index contributed by atoms with van der Waals surface area (Å²) in [6.45, 7) is 4.32. The molecule has 1 amide bonds. The van der Waals surface area contributed by atoms with Crippen molar-refractivity contribution in [2.24, 2.45) is 5.73 Å². The molecule has 2 unspecified atom stereocenters. The van der Waals surface area contributed by atoms with Crippen LogP contribution < -0.4 is 11.1 Å². The Morgan fingerprint density at radius 1 is 1.47 bits per heavy atom. The molecule has 1 aromatic heterocycles. The number of aromatic nitrogens is 1. The van der Waals surface area contributed by atoms with Crippen LogP contribution in [0, 0.1) is 0 Å². The van der Waals surface area contributed by atoms with Gasteiger partial charge in [-0.25, -0.2) is 0 Å². The maximum atomic E-state index is 11.4. The second-order valence-corrected chi connectivity index (χ2v) is 4.91. The predicted octanol–water partition coefficient (Wildman–Crippen LogP) is 0.682. The maximum absolute atomic E-state index is 11.4. The van der Waals surface area contributed by atoms with Gasteiger partial charge in [0.25, 0.3) is 0 Å². The van der Waals surface area contributed by atoms with Gasteiger partial charge in [-0.05, 0) is 18.6 Å². The summed E-state index contributed by atoms with van der Waals surface area (Å²) in [5.41, 5.74) is 7.27. The average molecular weight is 262 g/mol. The molecule has 2 atom stereocenters. The number of carbonyl (C=O) groups is 1. The van der Waals surface area contributed by atoms with E-state index < -0.39 is 0 Å². The minimum atomic E-state index is 0.0307. The molecule has 19 heavy (non-hydrogen) atoms. The molecule has 0 aliphatic carbocycles. The lowest BCUT2D eigenvalue weighted by atomic mass is 10.0. The van der Waals surface area contributed by atoms with Crippen LogP contribution in [0.2, 0.25) is 0 Å². The van der Waals surface area contributed by atoms with Crippen LogP contribution >= 0.6 is 0 Å². The standard InChI is InChI=1S/C14H22N4O/c1-2-11(15)14(12-5-3-4-7-16-12)18-9-6-13(19)17-8-10-18/h3-5,7,11,14H,2,6,8-10,15H2,1H3,(H,17,19). The third-order valence-electron chi connectivity index (χ3n) is 3.61. The smallest absolute Gasteiger partial charge is 0.221 e. The van der Waals surface area contributed by atoms with Crippen molar-refractivity contribution in [3.8, 4) is 0 Å². The van der Waals surface area contributed by atoms with E-state index in [-0.39, 0.29) is 18.0 Å². The highest BCUT2D eigenvalue weighted by molar-refractivity contribution is 5.76. The van der Waals surface area contributed by atoms with E-state index in [2.05, 4.69) is 22.1 Å². The Labute approximate surface area is 114 Å². The number of hydrogen-bond acceptors (Lipinski definition) is 4. The molecular formula is C14H22N4O. The first-order chi connectivity index (χ1) is 9.22. The molecule has 5 nitrogen and oxygen atoms in total. The molecule has 5 heteroatoms. The Kier molecular flexibility index (Phi) is 4.87. The topological polar surface area (TPSA) is 71.2 Å². The summed E-state index contributed by atoms with van der Waals surface area (Å²) in [7, 11) is 0. The van der Waals surface area contributed by atoms with Crippen LogP contribution in [0.1, 0.15) is 31.5 Å². The summed E-state index contributed by atoms with van der Waals surface area (Å²) in [6.07, 6.45) is 3.21. The Morgan fingerprint density at radius 3 is 3.00 bits per heavy atom. The van der Waals surface area contributed by atoms with Gasteiger partial charge < -0.3 is 11.1 Å². The largest absolute Gasteiger partial charge is 0.355 e. The molecule has 2 rings (SSSR count). The summed E-state index contributed by atoms with van der Waals surface area (Å²) in [4.78, 5) is 18.2. The molecule has 2 heterocycles. The lowest BCUT2D eigenvalue weighted by Crippen LogP contribution is -2.42. The van der Waals surface area contributed by atoms with Gasteiger partial charge in [-0.15, -0.1) is 0 Å². The summed E-state index contributed by atoms with van der Waals surface area (Å²) >= 11 is 0. The summed E-state index contributed by atoms with van der Waals surface area (Å²) in [6, 6.07) is 6.02. The van der Waals surface area contributed by atoms with E-state index in [1.807, 2.05) is 18.2 Å². The molecule has 1 aromatic rings. The number of carbonyl (C=O) groups excluding carboxylic acids is 1. The first-order valence-electron chi connectivity index (χ1n) is 6.89. The number of amides is 1. The fourth-order valence-corrected chi connectivity index (χ4v) is 2.51. The number of nitrogens with two attached hydrogens (primary N) is 1. The molecule has 0 spiro atoms. The molecule has 1 aliphatic heterocycles. The quantitative estimate of drug-likeness (QED) is 0.837. The Bertz CT molecular complexity index is 409. The first-order valence-corrected chi connectivity index (χ1v) is 6.89. The van der Waals surface area contributed by atoms with Crippen LogP contribution in [0.15, 0.2) is 24.4 Å². The molecule has 0 saturated carbocycles. The number of nitrogens with one attached hydrogen (secondary N) is 1. The van der Waals surface area contributed by atoms with Gasteiger partial charge in [-0.1, -0.05) is 13.0 Å². The number of nitrogens with zero attached hydrogens (tertiary/aromatic N) is 2. The van der Waals surface area contributed by atoms with Crippen LogP contribution in [0.25, 0.3) is 0 Å². The second kappa shape index (κ2) is 6.63. The Balaban J connectivity index is 2.20. The average Bonchev–Trinajstić information content (AvgIpc) is 2.65. The van der Waals surface area contributed by atoms with Gasteiger partial charge in [0.1, 0.15) is 0 Å². The van der Waals surface area contributed by atoms with E-state index in [0.29, 0.717) is 13.0 Å². The van der Waals surface area contributed by atoms with E-state index in [4.69, 9.17) is 5.73 Å². The van der Waals surface area contributed by atoms with Crippen molar-refractivity contribution in [3.63, 3.8) is 0 Å². The fourth-order valence-electron chi connectivity index (χ4n) is 2.51. The SMILES string of the molecule is CCC(N)C(c1ccccn1)N1CCNC(=O)CC1. The minimum Gasteiger partial charge on any atom is -0.355 e. The Morgan fingerprint density at radius 2 is 2.32 bits per heavy atom. The van der Waals surface area contributed by atoms with Gasteiger partial charge in [0.2, 0.25) is 5.91 Å². The summed E-state index contributed by atoms with van der Waals surface area (Å²) < 4.78 is 0. The molecule has 104 valence electrons. The number of pyridine rings is 1. The van der Waals surface area contributed by atoms with E-state index in [0.717, 1.165) is 25.2 Å². The maximum Gasteiger partial charge on any atom is 0.221 e. The third-order valence-corrected chi connectivity index (χ3v) is 3.61. The molecule has 3 N–H and O–H groups in total. The monoisotopic (exact) mass is 262 g/mol. The lowest BCUT2D eigenvalue weighted by Gasteiger charge is -2.33. The van der Waals surface area contributed by atoms with Crippen molar-refractivity contribution < 1.29 is 4.79 Å². The van der Waals surface area contributed by atoms with E-state index in [9.17, 15) is 4.79 Å². The van der Waals surface area contributed by atoms with Crippen molar-refractivity contribution in [1.29, 1.82) is 0 Å². The first kappa shape index (κ1) is 14.0. The minimum absolute atomic E-state index is 0.0307. The Hall–Kier alpha value is -1.46. The zero-order chi connectivity index (χ0) is 13.7. The van der Waals surface area contributed by atoms with Crippen molar-refractivity contribution in [1.82, 2.24) is 15.2 Å². The summed E-state index contributed by atoms with van der Waals surface area (Å²) in [5, 5.41) is 2.90. The second-order valence-electron chi connectivity index (χ2n) is 4.91. The molecule has 1 fully saturated rings. The van der Waals surface area contributed by atoms with Gasteiger partial charge in [0.15, 0.2) is 0 Å². The molecule has 1 aliphatic rings. The van der Waals surface area contributed by atoms with Crippen molar-refractivity contribution in [2.75, 3.05) is 19.6 Å². The van der Waals surface area contributed by atoms with Crippen LogP contribution in [-0.2, 0) is 4.79 Å². The van der Waals surface area contributed by atoms with Crippen LogP contribution in [-0.4, -0.2) is 41.5 Å². The van der Waals surface area contributed by atoms with Gasteiger partial charge in [-0.3, -0.25) is 14.7 Å². The van der Waals surface area contributed by atoms with Crippen molar-refractivity contribution in [2.45, 2.75) is 31.8 Å². The van der Waals surface area contributed by atoms with E-state index in [1.165, 1.54) is 0 Å². The number of hydrogen-bond donors (Lipinski definition) is 2. The zero-order valence-electron chi connectivity index (χ0n) is 11.4. The molecule has 0 radical (unpaired) electrons. The normalized spacial score (nSPS) is 20.4. The highest BCUT2D eigenvalue weighted by Gasteiger charge is 2.28. The molecular weight excluding hydrogens is 240 g/mol. The van der Waals surface area contributed by atoms with Crippen LogP contribution in [0.3, 0.4) is 0 Å². The zero-order valence-corrected chi connectivity index (χ0v) is 11.4. The van der Waals surface area contributed by atoms with Gasteiger partial charge in [0, 0.05) is 38.3 Å². The van der Waals surface area contributed by atoms with Crippen LogP contribution in [0.4, 0.5) is 0 Å². The molecule has 1 saturated heterocycles. The highest BCUT2D eigenvalue weighted by atomic mass is 16.1. The summed E-state index contributed by atoms with van der Waals surface area (Å²) in [5.74, 6) is 0.118. The van der Waals surface area contributed by atoms with Crippen molar-refractivity contribution in [3.05, 3.63) is 30.1 Å². The van der Waals surface area contributed by atoms with Gasteiger partial charge >= 0.3 is 0 Å². The van der Waals surface area contributed by atoms with E-state index >= 15 is 0 Å². The van der Waals surface area contributed by atoms with Crippen molar-refractivity contribution >= 4 is 5.91 Å².